The molecule has 1 aliphatic heterocycles. The first kappa shape index (κ1) is 18.6. The van der Waals surface area contributed by atoms with Crippen LogP contribution in [-0.2, 0) is 19.2 Å². The molecule has 1 aliphatic rings. The molecule has 0 spiro atoms. The van der Waals surface area contributed by atoms with Crippen LogP contribution < -0.4 is 5.32 Å². The Bertz CT molecular complexity index is 863. The normalized spacial score (nSPS) is 18.4. The van der Waals surface area contributed by atoms with Gasteiger partial charge in [-0.1, -0.05) is 60.6 Å². The maximum atomic E-state index is 12.7. The van der Waals surface area contributed by atoms with Crippen LogP contribution in [0.25, 0.3) is 11.1 Å². The predicted octanol–water partition coefficient (Wildman–Crippen LogP) is 3.78. The lowest BCUT2D eigenvalue weighted by molar-refractivity contribution is -0.169. The van der Waals surface area contributed by atoms with Crippen molar-refractivity contribution in [2.75, 3.05) is 11.9 Å². The third kappa shape index (κ3) is 3.84. The van der Waals surface area contributed by atoms with E-state index >= 15 is 0 Å². The highest BCUT2D eigenvalue weighted by Crippen LogP contribution is 2.31. The lowest BCUT2D eigenvalue weighted by Gasteiger charge is -2.22. The van der Waals surface area contributed by atoms with E-state index in [9.17, 15) is 9.59 Å². The molecule has 1 N–H and O–H groups in total. The number of rotatable bonds is 6. The fraction of sp³-hybridized carbons (Fsp3) is 0.286. The first-order valence-electron chi connectivity index (χ1n) is 8.97. The third-order valence-electron chi connectivity index (χ3n) is 4.52. The van der Waals surface area contributed by atoms with E-state index in [1.807, 2.05) is 54.6 Å². The van der Waals surface area contributed by atoms with Gasteiger partial charge in [0, 0.05) is 11.3 Å². The van der Waals surface area contributed by atoms with Gasteiger partial charge >= 0.3 is 5.97 Å². The average molecular weight is 366 g/mol. The zero-order chi connectivity index (χ0) is 19.3. The molecule has 2 aromatic rings. The van der Waals surface area contributed by atoms with Crippen molar-refractivity contribution in [3.8, 4) is 11.1 Å². The van der Waals surface area contributed by atoms with Gasteiger partial charge in [0.05, 0.1) is 13.0 Å². The quantitative estimate of drug-likeness (QED) is 0.789. The van der Waals surface area contributed by atoms with E-state index in [0.717, 1.165) is 11.1 Å². The number of amides is 1. The molecule has 140 valence electrons. The fourth-order valence-corrected chi connectivity index (χ4v) is 2.96. The van der Waals surface area contributed by atoms with Crippen molar-refractivity contribution in [3.05, 3.63) is 54.6 Å². The second-order valence-electron chi connectivity index (χ2n) is 6.24. The predicted molar refractivity (Wildman–Crippen MR) is 103 cm³/mol. The number of carbonyl (C=O) groups excluding carboxylic acids is 2. The molecule has 0 fully saturated rings. The van der Waals surface area contributed by atoms with E-state index in [1.54, 1.807) is 13.8 Å². The number of nitrogens with zero attached hydrogens (tertiary/aromatic N) is 1. The van der Waals surface area contributed by atoms with E-state index in [1.165, 1.54) is 0 Å². The molecule has 1 atom stereocenters. The molecule has 3 rings (SSSR count). The highest BCUT2D eigenvalue weighted by Gasteiger charge is 2.48. The van der Waals surface area contributed by atoms with E-state index in [-0.39, 0.29) is 18.7 Å². The number of para-hydroxylation sites is 1. The number of nitrogens with one attached hydrogen (secondary N) is 1. The molecule has 1 heterocycles. The van der Waals surface area contributed by atoms with Gasteiger partial charge in [-0.15, -0.1) is 0 Å². The van der Waals surface area contributed by atoms with Crippen LogP contribution in [0, 0.1) is 0 Å². The number of carbonyl (C=O) groups is 2. The van der Waals surface area contributed by atoms with Gasteiger partial charge in [-0.3, -0.25) is 4.79 Å². The summed E-state index contributed by atoms with van der Waals surface area (Å²) in [5, 5.41) is 6.75. The third-order valence-corrected chi connectivity index (χ3v) is 4.52. The zero-order valence-electron chi connectivity index (χ0n) is 15.4. The molecule has 0 radical (unpaired) electrons. The molecule has 2 aromatic carbocycles. The molecule has 6 nitrogen and oxygen atoms in total. The number of esters is 1. The van der Waals surface area contributed by atoms with Crippen LogP contribution in [-0.4, -0.2) is 29.8 Å². The monoisotopic (exact) mass is 366 g/mol. The standard InChI is InChI=1S/C21H22N2O4/c1-3-21(20(25)26-4-2)14-18(23-27-21)19(24)22-17-13-9-8-12-16(17)15-10-6-5-7-11-15/h5-13H,3-4,14H2,1-2H3,(H,22,24). The number of oxime groups is 1. The smallest absolute Gasteiger partial charge is 0.353 e. The summed E-state index contributed by atoms with van der Waals surface area (Å²) in [4.78, 5) is 30.3. The largest absolute Gasteiger partial charge is 0.463 e. The number of anilines is 1. The van der Waals surface area contributed by atoms with Crippen LogP contribution in [0.4, 0.5) is 5.69 Å². The van der Waals surface area contributed by atoms with E-state index in [4.69, 9.17) is 9.57 Å². The van der Waals surface area contributed by atoms with Crippen LogP contribution in [0.1, 0.15) is 26.7 Å². The Morgan fingerprint density at radius 2 is 1.81 bits per heavy atom. The van der Waals surface area contributed by atoms with Crippen molar-refractivity contribution in [2.45, 2.75) is 32.3 Å². The molecule has 0 saturated carbocycles. The van der Waals surface area contributed by atoms with Gasteiger partial charge in [0.15, 0.2) is 0 Å². The highest BCUT2D eigenvalue weighted by molar-refractivity contribution is 6.44. The molecule has 0 aliphatic carbocycles. The number of hydrogen-bond donors (Lipinski definition) is 1. The van der Waals surface area contributed by atoms with Crippen molar-refractivity contribution >= 4 is 23.3 Å². The van der Waals surface area contributed by atoms with Gasteiger partial charge in [-0.25, -0.2) is 4.79 Å². The Labute approximate surface area is 158 Å². The van der Waals surface area contributed by atoms with Crippen molar-refractivity contribution in [2.24, 2.45) is 5.16 Å². The van der Waals surface area contributed by atoms with Crippen LogP contribution in [0.15, 0.2) is 59.8 Å². The maximum absolute atomic E-state index is 12.7. The molecule has 6 heteroatoms. The second kappa shape index (κ2) is 8.03. The van der Waals surface area contributed by atoms with Gasteiger partial charge in [0.1, 0.15) is 5.71 Å². The summed E-state index contributed by atoms with van der Waals surface area (Å²) in [6, 6.07) is 17.3. The van der Waals surface area contributed by atoms with E-state index in [2.05, 4.69) is 10.5 Å². The SMILES string of the molecule is CCOC(=O)C1(CC)CC(C(=O)Nc2ccccc2-c2ccccc2)=NO1. The topological polar surface area (TPSA) is 77.0 Å². The van der Waals surface area contributed by atoms with Gasteiger partial charge in [0.25, 0.3) is 5.91 Å². The van der Waals surface area contributed by atoms with Crippen molar-refractivity contribution in [1.29, 1.82) is 0 Å². The molecule has 0 aromatic heterocycles. The van der Waals surface area contributed by atoms with E-state index in [0.29, 0.717) is 12.1 Å². The van der Waals surface area contributed by atoms with Gasteiger partial charge in [-0.2, -0.15) is 0 Å². The van der Waals surface area contributed by atoms with Crippen molar-refractivity contribution in [1.82, 2.24) is 0 Å². The number of ether oxygens (including phenoxy) is 1. The van der Waals surface area contributed by atoms with Gasteiger partial charge in [0.2, 0.25) is 5.60 Å². The van der Waals surface area contributed by atoms with Crippen molar-refractivity contribution in [3.63, 3.8) is 0 Å². The Balaban J connectivity index is 1.77. The minimum Gasteiger partial charge on any atom is -0.463 e. The van der Waals surface area contributed by atoms with E-state index < -0.39 is 17.5 Å². The summed E-state index contributed by atoms with van der Waals surface area (Å²) in [6.45, 7) is 3.78. The summed E-state index contributed by atoms with van der Waals surface area (Å²) >= 11 is 0. The molecule has 1 amide bonds. The molecule has 0 saturated heterocycles. The second-order valence-corrected chi connectivity index (χ2v) is 6.24. The maximum Gasteiger partial charge on any atom is 0.353 e. The fourth-order valence-electron chi connectivity index (χ4n) is 2.96. The number of benzene rings is 2. The highest BCUT2D eigenvalue weighted by atomic mass is 16.7. The zero-order valence-corrected chi connectivity index (χ0v) is 15.4. The molecule has 1 unspecified atom stereocenters. The Kier molecular flexibility index (Phi) is 5.54. The lowest BCUT2D eigenvalue weighted by atomic mass is 9.94. The Morgan fingerprint density at radius 3 is 2.52 bits per heavy atom. The van der Waals surface area contributed by atoms with Crippen molar-refractivity contribution < 1.29 is 19.2 Å². The molecular formula is C21H22N2O4. The lowest BCUT2D eigenvalue weighted by Crippen LogP contribution is -2.41. The minimum atomic E-state index is -1.22. The summed E-state index contributed by atoms with van der Waals surface area (Å²) in [7, 11) is 0. The average Bonchev–Trinajstić information content (AvgIpc) is 3.15. The van der Waals surface area contributed by atoms with Crippen LogP contribution in [0.5, 0.6) is 0 Å². The summed E-state index contributed by atoms with van der Waals surface area (Å²) in [5.74, 6) is -0.887. The summed E-state index contributed by atoms with van der Waals surface area (Å²) in [5.41, 5.74) is 1.52. The molecule has 0 bridgehead atoms. The minimum absolute atomic E-state index is 0.0850. The number of hydrogen-bond acceptors (Lipinski definition) is 5. The van der Waals surface area contributed by atoms with Gasteiger partial charge in [-0.05, 0) is 25.0 Å². The van der Waals surface area contributed by atoms with Crippen LogP contribution in [0.3, 0.4) is 0 Å². The first-order valence-corrected chi connectivity index (χ1v) is 8.97. The summed E-state index contributed by atoms with van der Waals surface area (Å²) < 4.78 is 5.07. The Hall–Kier alpha value is -3.15. The molecule has 27 heavy (non-hydrogen) atoms. The first-order chi connectivity index (χ1) is 13.1. The summed E-state index contributed by atoms with van der Waals surface area (Å²) in [6.07, 6.45) is 0.453. The Morgan fingerprint density at radius 1 is 1.11 bits per heavy atom. The van der Waals surface area contributed by atoms with Gasteiger partial charge < -0.3 is 14.9 Å². The van der Waals surface area contributed by atoms with Crippen LogP contribution >= 0.6 is 0 Å². The van der Waals surface area contributed by atoms with Crippen LogP contribution in [0.2, 0.25) is 0 Å². The molecular weight excluding hydrogens is 344 g/mol.